The molecule has 0 saturated carbocycles. The molecule has 0 bridgehead atoms. The first kappa shape index (κ1) is 14.8. The van der Waals surface area contributed by atoms with Gasteiger partial charge in [-0.25, -0.2) is 14.1 Å². The molecule has 1 aromatic carbocycles. The predicted octanol–water partition coefficient (Wildman–Crippen LogP) is 2.67. The van der Waals surface area contributed by atoms with Crippen LogP contribution in [-0.4, -0.2) is 25.7 Å². The molecule has 0 radical (unpaired) electrons. The molecular formula is C16H14FN5O. The zero-order chi connectivity index (χ0) is 16.4. The average Bonchev–Trinajstić information content (AvgIpc) is 2.87. The second-order valence-corrected chi connectivity index (χ2v) is 5.05. The molecule has 1 amide bonds. The lowest BCUT2D eigenvalue weighted by Crippen LogP contribution is -2.14. The first-order valence-electron chi connectivity index (χ1n) is 6.95. The molecule has 0 aliphatic heterocycles. The van der Waals surface area contributed by atoms with E-state index in [2.05, 4.69) is 20.4 Å². The number of anilines is 1. The predicted molar refractivity (Wildman–Crippen MR) is 83.0 cm³/mol. The fourth-order valence-electron chi connectivity index (χ4n) is 2.24. The highest BCUT2D eigenvalue weighted by Gasteiger charge is 2.12. The fourth-order valence-corrected chi connectivity index (χ4v) is 2.24. The summed E-state index contributed by atoms with van der Waals surface area (Å²) in [5, 5.41) is 6.84. The second kappa shape index (κ2) is 5.96. The molecule has 6 nitrogen and oxygen atoms in total. The molecule has 7 heteroatoms. The Bertz CT molecular complexity index is 860. The molecule has 0 saturated heterocycles. The number of aryl methyl sites for hydroxylation is 2. The molecule has 0 aliphatic carbocycles. The number of rotatable bonds is 3. The Morgan fingerprint density at radius 1 is 1.22 bits per heavy atom. The molecule has 2 aromatic heterocycles. The minimum Gasteiger partial charge on any atom is -0.320 e. The monoisotopic (exact) mass is 311 g/mol. The van der Waals surface area contributed by atoms with Crippen LogP contribution < -0.4 is 5.32 Å². The van der Waals surface area contributed by atoms with Crippen molar-refractivity contribution in [3.8, 4) is 5.69 Å². The number of hydrogen-bond donors (Lipinski definition) is 1. The number of carbonyl (C=O) groups is 1. The van der Waals surface area contributed by atoms with Gasteiger partial charge in [0.1, 0.15) is 11.4 Å². The maximum Gasteiger partial charge on any atom is 0.275 e. The highest BCUT2D eigenvalue weighted by atomic mass is 19.1. The quantitative estimate of drug-likeness (QED) is 0.807. The minimum absolute atomic E-state index is 0.163. The smallest absolute Gasteiger partial charge is 0.275 e. The van der Waals surface area contributed by atoms with Crippen LogP contribution in [0.2, 0.25) is 0 Å². The van der Waals surface area contributed by atoms with Crippen molar-refractivity contribution < 1.29 is 9.18 Å². The summed E-state index contributed by atoms with van der Waals surface area (Å²) in [5.41, 5.74) is 2.46. The van der Waals surface area contributed by atoms with E-state index in [-0.39, 0.29) is 5.69 Å². The van der Waals surface area contributed by atoms with Crippen LogP contribution in [0.4, 0.5) is 10.1 Å². The molecular weight excluding hydrogens is 297 g/mol. The fraction of sp³-hybridized carbons (Fsp3) is 0.125. The molecule has 23 heavy (non-hydrogen) atoms. The Morgan fingerprint density at radius 2 is 2.04 bits per heavy atom. The van der Waals surface area contributed by atoms with Gasteiger partial charge in [0.05, 0.1) is 11.9 Å². The van der Waals surface area contributed by atoms with E-state index >= 15 is 0 Å². The van der Waals surface area contributed by atoms with Gasteiger partial charge < -0.3 is 5.32 Å². The topological polar surface area (TPSA) is 72.7 Å². The van der Waals surface area contributed by atoms with Crippen molar-refractivity contribution in [1.82, 2.24) is 19.7 Å². The number of halogens is 1. The molecule has 3 rings (SSSR count). The summed E-state index contributed by atoms with van der Waals surface area (Å²) in [6.07, 6.45) is 4.23. The van der Waals surface area contributed by atoms with Crippen molar-refractivity contribution in [2.45, 2.75) is 13.8 Å². The van der Waals surface area contributed by atoms with E-state index in [4.69, 9.17) is 0 Å². The third kappa shape index (κ3) is 3.08. The van der Waals surface area contributed by atoms with Gasteiger partial charge in [-0.05, 0) is 38.1 Å². The standard InChI is InChI=1S/C16H14FN5O/c1-10-7-11(2)22(21-10)15-4-3-12(8-13(15)17)20-16(23)14-9-18-5-6-19-14/h3-9H,1-2H3,(H,20,23). The third-order valence-corrected chi connectivity index (χ3v) is 3.24. The lowest BCUT2D eigenvalue weighted by Gasteiger charge is -2.09. The van der Waals surface area contributed by atoms with Crippen LogP contribution >= 0.6 is 0 Å². The normalized spacial score (nSPS) is 10.6. The second-order valence-electron chi connectivity index (χ2n) is 5.05. The summed E-state index contributed by atoms with van der Waals surface area (Å²) in [6.45, 7) is 3.69. The van der Waals surface area contributed by atoms with Gasteiger partial charge in [-0.1, -0.05) is 0 Å². The number of carbonyl (C=O) groups excluding carboxylic acids is 1. The summed E-state index contributed by atoms with van der Waals surface area (Å²) in [5.74, 6) is -0.926. The van der Waals surface area contributed by atoms with Crippen molar-refractivity contribution in [1.29, 1.82) is 0 Å². The third-order valence-electron chi connectivity index (χ3n) is 3.24. The number of nitrogens with zero attached hydrogens (tertiary/aromatic N) is 4. The lowest BCUT2D eigenvalue weighted by atomic mass is 10.2. The summed E-state index contributed by atoms with van der Waals surface area (Å²) in [6, 6.07) is 6.30. The highest BCUT2D eigenvalue weighted by molar-refractivity contribution is 6.02. The summed E-state index contributed by atoms with van der Waals surface area (Å²) in [7, 11) is 0. The van der Waals surface area contributed by atoms with Gasteiger partial charge in [0, 0.05) is 23.8 Å². The molecule has 0 aliphatic rings. The van der Waals surface area contributed by atoms with Crippen molar-refractivity contribution in [2.24, 2.45) is 0 Å². The van der Waals surface area contributed by atoms with E-state index in [1.807, 2.05) is 19.9 Å². The van der Waals surface area contributed by atoms with Crippen molar-refractivity contribution in [3.05, 3.63) is 65.8 Å². The van der Waals surface area contributed by atoms with Gasteiger partial charge in [-0.15, -0.1) is 0 Å². The first-order chi connectivity index (χ1) is 11.0. The van der Waals surface area contributed by atoms with Gasteiger partial charge >= 0.3 is 0 Å². The molecule has 2 heterocycles. The number of benzene rings is 1. The Balaban J connectivity index is 1.85. The number of amides is 1. The number of aromatic nitrogens is 4. The van der Waals surface area contributed by atoms with E-state index in [0.717, 1.165) is 11.4 Å². The molecule has 3 aromatic rings. The van der Waals surface area contributed by atoms with Crippen molar-refractivity contribution in [3.63, 3.8) is 0 Å². The van der Waals surface area contributed by atoms with Crippen LogP contribution in [0, 0.1) is 19.7 Å². The summed E-state index contributed by atoms with van der Waals surface area (Å²) in [4.78, 5) is 19.7. The van der Waals surface area contributed by atoms with Gasteiger partial charge in [-0.3, -0.25) is 9.78 Å². The van der Waals surface area contributed by atoms with Crippen LogP contribution in [-0.2, 0) is 0 Å². The van der Waals surface area contributed by atoms with Crippen LogP contribution in [0.15, 0.2) is 42.9 Å². The van der Waals surface area contributed by atoms with E-state index in [1.54, 1.807) is 12.1 Å². The lowest BCUT2D eigenvalue weighted by molar-refractivity contribution is 0.102. The van der Waals surface area contributed by atoms with Crippen LogP contribution in [0.5, 0.6) is 0 Å². The Morgan fingerprint density at radius 3 is 2.65 bits per heavy atom. The maximum atomic E-state index is 14.3. The summed E-state index contributed by atoms with van der Waals surface area (Å²) >= 11 is 0. The largest absolute Gasteiger partial charge is 0.320 e. The molecule has 0 spiro atoms. The van der Waals surface area contributed by atoms with E-state index in [9.17, 15) is 9.18 Å². The van der Waals surface area contributed by atoms with E-state index in [1.165, 1.54) is 29.3 Å². The maximum absolute atomic E-state index is 14.3. The molecule has 0 fully saturated rings. The molecule has 0 atom stereocenters. The Hall–Kier alpha value is -3.09. The zero-order valence-corrected chi connectivity index (χ0v) is 12.6. The average molecular weight is 311 g/mol. The Kier molecular flexibility index (Phi) is 3.84. The molecule has 0 unspecified atom stereocenters. The highest BCUT2D eigenvalue weighted by Crippen LogP contribution is 2.20. The van der Waals surface area contributed by atoms with Crippen molar-refractivity contribution >= 4 is 11.6 Å². The molecule has 1 N–H and O–H groups in total. The van der Waals surface area contributed by atoms with Crippen LogP contribution in [0.3, 0.4) is 0 Å². The Labute approximate surface area is 132 Å². The minimum atomic E-state index is -0.479. The summed E-state index contributed by atoms with van der Waals surface area (Å²) < 4.78 is 15.9. The molecule has 116 valence electrons. The van der Waals surface area contributed by atoms with E-state index in [0.29, 0.717) is 11.4 Å². The zero-order valence-electron chi connectivity index (χ0n) is 12.6. The van der Waals surface area contributed by atoms with E-state index < -0.39 is 11.7 Å². The number of hydrogen-bond acceptors (Lipinski definition) is 4. The van der Waals surface area contributed by atoms with Gasteiger partial charge in [-0.2, -0.15) is 5.10 Å². The van der Waals surface area contributed by atoms with Gasteiger partial charge in [0.15, 0.2) is 5.82 Å². The van der Waals surface area contributed by atoms with Crippen LogP contribution in [0.1, 0.15) is 21.9 Å². The van der Waals surface area contributed by atoms with Crippen molar-refractivity contribution in [2.75, 3.05) is 5.32 Å². The SMILES string of the molecule is Cc1cc(C)n(-c2ccc(NC(=O)c3cnccn3)cc2F)n1. The van der Waals surface area contributed by atoms with Gasteiger partial charge in [0.2, 0.25) is 0 Å². The number of nitrogens with one attached hydrogen (secondary N) is 1. The van der Waals surface area contributed by atoms with Crippen LogP contribution in [0.25, 0.3) is 5.69 Å². The van der Waals surface area contributed by atoms with Gasteiger partial charge in [0.25, 0.3) is 5.91 Å². The first-order valence-corrected chi connectivity index (χ1v) is 6.95.